The lowest BCUT2D eigenvalue weighted by Crippen LogP contribution is -2.13. The maximum absolute atomic E-state index is 4.55. The van der Waals surface area contributed by atoms with Crippen LogP contribution in [0.15, 0.2) is 24.5 Å². The Hall–Kier alpha value is -1.35. The second kappa shape index (κ2) is 6.71. The summed E-state index contributed by atoms with van der Waals surface area (Å²) < 4.78 is 2.31. The zero-order chi connectivity index (χ0) is 13.7. The van der Waals surface area contributed by atoms with E-state index in [9.17, 15) is 0 Å². The molecule has 1 N–H and O–H groups in total. The van der Waals surface area contributed by atoms with E-state index in [4.69, 9.17) is 0 Å². The second-order valence-corrected chi connectivity index (χ2v) is 5.37. The number of hydrogen-bond donors (Lipinski definition) is 1. The molecule has 0 aromatic carbocycles. The standard InChI is InChI=1S/C16H25N3/c1-4-8-17-10-14-12-19(11-13(3)5-2)16-15(14)7-6-9-18-16/h6-7,9,12-13,17H,4-5,8,10-11H2,1-3H3. The van der Waals surface area contributed by atoms with Crippen LogP contribution >= 0.6 is 0 Å². The average molecular weight is 259 g/mol. The van der Waals surface area contributed by atoms with Gasteiger partial charge in [-0.3, -0.25) is 0 Å². The van der Waals surface area contributed by atoms with Gasteiger partial charge in [0.2, 0.25) is 0 Å². The number of nitrogens with one attached hydrogen (secondary N) is 1. The minimum Gasteiger partial charge on any atom is -0.332 e. The summed E-state index contributed by atoms with van der Waals surface area (Å²) in [5, 5.41) is 4.77. The Kier molecular flexibility index (Phi) is 4.97. The van der Waals surface area contributed by atoms with Crippen LogP contribution in [0.4, 0.5) is 0 Å². The monoisotopic (exact) mass is 259 g/mol. The molecule has 0 radical (unpaired) electrons. The largest absolute Gasteiger partial charge is 0.332 e. The lowest BCUT2D eigenvalue weighted by atomic mass is 10.1. The molecule has 2 aromatic heterocycles. The van der Waals surface area contributed by atoms with Gasteiger partial charge >= 0.3 is 0 Å². The van der Waals surface area contributed by atoms with Crippen LogP contribution in [0.5, 0.6) is 0 Å². The van der Waals surface area contributed by atoms with Gasteiger partial charge in [0.25, 0.3) is 0 Å². The molecular weight excluding hydrogens is 234 g/mol. The topological polar surface area (TPSA) is 29.9 Å². The zero-order valence-electron chi connectivity index (χ0n) is 12.3. The number of rotatable bonds is 7. The van der Waals surface area contributed by atoms with Crippen molar-refractivity contribution in [2.75, 3.05) is 6.54 Å². The minimum atomic E-state index is 0.689. The van der Waals surface area contributed by atoms with E-state index in [2.05, 4.69) is 47.9 Å². The highest BCUT2D eigenvalue weighted by atomic mass is 15.0. The first kappa shape index (κ1) is 14.1. The smallest absolute Gasteiger partial charge is 0.140 e. The zero-order valence-corrected chi connectivity index (χ0v) is 12.3. The molecule has 104 valence electrons. The fraction of sp³-hybridized carbons (Fsp3) is 0.562. The van der Waals surface area contributed by atoms with Crippen molar-refractivity contribution >= 4 is 11.0 Å². The minimum absolute atomic E-state index is 0.689. The summed E-state index contributed by atoms with van der Waals surface area (Å²) in [5.74, 6) is 0.689. The van der Waals surface area contributed by atoms with Gasteiger partial charge in [0, 0.05) is 30.9 Å². The van der Waals surface area contributed by atoms with Crippen LogP contribution in [0.2, 0.25) is 0 Å². The molecular formula is C16H25N3. The molecule has 0 fully saturated rings. The van der Waals surface area contributed by atoms with Crippen molar-refractivity contribution in [2.45, 2.75) is 46.7 Å². The molecule has 3 nitrogen and oxygen atoms in total. The van der Waals surface area contributed by atoms with E-state index in [0.717, 1.165) is 25.3 Å². The van der Waals surface area contributed by atoms with E-state index in [1.807, 2.05) is 12.3 Å². The van der Waals surface area contributed by atoms with Crippen LogP contribution < -0.4 is 5.32 Å². The van der Waals surface area contributed by atoms with Crippen molar-refractivity contribution in [2.24, 2.45) is 5.92 Å². The molecule has 3 heteroatoms. The molecule has 0 aliphatic heterocycles. The Bertz CT molecular complexity index is 516. The van der Waals surface area contributed by atoms with Crippen LogP contribution in [0.25, 0.3) is 11.0 Å². The molecule has 1 atom stereocenters. The van der Waals surface area contributed by atoms with Crippen molar-refractivity contribution in [1.29, 1.82) is 0 Å². The summed E-state index contributed by atoms with van der Waals surface area (Å²) in [6, 6.07) is 4.21. The summed E-state index contributed by atoms with van der Waals surface area (Å²) in [6.45, 7) is 9.79. The SMILES string of the molecule is CCCNCc1cn(CC(C)CC)c2ncccc12. The molecule has 1 unspecified atom stereocenters. The van der Waals surface area contributed by atoms with Gasteiger partial charge in [-0.15, -0.1) is 0 Å². The highest BCUT2D eigenvalue weighted by Crippen LogP contribution is 2.21. The molecule has 0 amide bonds. The molecule has 0 saturated carbocycles. The van der Waals surface area contributed by atoms with Gasteiger partial charge in [-0.25, -0.2) is 4.98 Å². The highest BCUT2D eigenvalue weighted by Gasteiger charge is 2.10. The predicted octanol–water partition coefficient (Wildman–Crippen LogP) is 3.58. The molecule has 19 heavy (non-hydrogen) atoms. The van der Waals surface area contributed by atoms with Crippen molar-refractivity contribution in [3.05, 3.63) is 30.1 Å². The van der Waals surface area contributed by atoms with Crippen molar-refractivity contribution in [3.8, 4) is 0 Å². The summed E-state index contributed by atoms with van der Waals surface area (Å²) in [5.41, 5.74) is 2.48. The maximum Gasteiger partial charge on any atom is 0.140 e. The van der Waals surface area contributed by atoms with Crippen LogP contribution in [0, 0.1) is 5.92 Å². The molecule has 0 bridgehead atoms. The average Bonchev–Trinajstić information content (AvgIpc) is 2.78. The first-order valence-electron chi connectivity index (χ1n) is 7.39. The first-order valence-corrected chi connectivity index (χ1v) is 7.39. The summed E-state index contributed by atoms with van der Waals surface area (Å²) in [4.78, 5) is 4.55. The van der Waals surface area contributed by atoms with Gasteiger partial charge in [-0.05, 0) is 36.6 Å². The third-order valence-electron chi connectivity index (χ3n) is 3.66. The molecule has 0 spiro atoms. The van der Waals surface area contributed by atoms with Gasteiger partial charge in [-0.1, -0.05) is 27.2 Å². The Morgan fingerprint density at radius 1 is 1.37 bits per heavy atom. The van der Waals surface area contributed by atoms with Gasteiger partial charge < -0.3 is 9.88 Å². The van der Waals surface area contributed by atoms with E-state index in [0.29, 0.717) is 5.92 Å². The predicted molar refractivity (Wildman–Crippen MR) is 81.2 cm³/mol. The second-order valence-electron chi connectivity index (χ2n) is 5.37. The Morgan fingerprint density at radius 3 is 2.95 bits per heavy atom. The number of aromatic nitrogens is 2. The van der Waals surface area contributed by atoms with E-state index in [1.165, 1.54) is 23.8 Å². The van der Waals surface area contributed by atoms with E-state index in [-0.39, 0.29) is 0 Å². The Balaban J connectivity index is 2.26. The fourth-order valence-electron chi connectivity index (χ4n) is 2.34. The lowest BCUT2D eigenvalue weighted by Gasteiger charge is -2.10. The van der Waals surface area contributed by atoms with E-state index >= 15 is 0 Å². The van der Waals surface area contributed by atoms with Gasteiger partial charge in [0.15, 0.2) is 0 Å². The Labute approximate surface area is 116 Å². The molecule has 0 aliphatic rings. The highest BCUT2D eigenvalue weighted by molar-refractivity contribution is 5.80. The third kappa shape index (κ3) is 3.35. The summed E-state index contributed by atoms with van der Waals surface area (Å²) in [6.07, 6.45) is 6.53. The fourth-order valence-corrected chi connectivity index (χ4v) is 2.34. The third-order valence-corrected chi connectivity index (χ3v) is 3.66. The molecule has 2 aromatic rings. The quantitative estimate of drug-likeness (QED) is 0.770. The number of fused-ring (bicyclic) bond motifs is 1. The maximum atomic E-state index is 4.55. The van der Waals surface area contributed by atoms with E-state index < -0.39 is 0 Å². The molecule has 2 heterocycles. The van der Waals surface area contributed by atoms with E-state index in [1.54, 1.807) is 0 Å². The summed E-state index contributed by atoms with van der Waals surface area (Å²) in [7, 11) is 0. The summed E-state index contributed by atoms with van der Waals surface area (Å²) >= 11 is 0. The van der Waals surface area contributed by atoms with Crippen LogP contribution in [-0.2, 0) is 13.1 Å². The Morgan fingerprint density at radius 2 is 2.21 bits per heavy atom. The number of pyridine rings is 1. The van der Waals surface area contributed by atoms with Crippen molar-refractivity contribution in [1.82, 2.24) is 14.9 Å². The van der Waals surface area contributed by atoms with Crippen molar-refractivity contribution < 1.29 is 0 Å². The lowest BCUT2D eigenvalue weighted by molar-refractivity contribution is 0.475. The van der Waals surface area contributed by atoms with Crippen LogP contribution in [0.1, 0.15) is 39.2 Å². The molecule has 2 rings (SSSR count). The van der Waals surface area contributed by atoms with Crippen LogP contribution in [-0.4, -0.2) is 16.1 Å². The normalized spacial score (nSPS) is 13.0. The van der Waals surface area contributed by atoms with Crippen molar-refractivity contribution in [3.63, 3.8) is 0 Å². The number of hydrogen-bond acceptors (Lipinski definition) is 2. The first-order chi connectivity index (χ1) is 9.26. The van der Waals surface area contributed by atoms with Crippen LogP contribution in [0.3, 0.4) is 0 Å². The van der Waals surface area contributed by atoms with Gasteiger partial charge in [0.1, 0.15) is 5.65 Å². The van der Waals surface area contributed by atoms with Gasteiger partial charge in [0.05, 0.1) is 0 Å². The number of nitrogens with zero attached hydrogens (tertiary/aromatic N) is 2. The molecule has 0 saturated heterocycles. The van der Waals surface area contributed by atoms with Gasteiger partial charge in [-0.2, -0.15) is 0 Å². The molecule has 0 aliphatic carbocycles.